The minimum atomic E-state index is -0.375. The van der Waals surface area contributed by atoms with Crippen LogP contribution in [0.1, 0.15) is 57.0 Å². The summed E-state index contributed by atoms with van der Waals surface area (Å²) in [5, 5.41) is 7.10. The van der Waals surface area contributed by atoms with Crippen molar-refractivity contribution in [2.45, 2.75) is 58.3 Å². The zero-order valence-electron chi connectivity index (χ0n) is 16.3. The maximum absolute atomic E-state index is 15.0. The SMILES string of the molecule is CC(C)Nc1nc2c(-c3cc4c([nH]3)C(C)NC4)c(F)ccc2c(=O)n1C1CC1. The van der Waals surface area contributed by atoms with E-state index < -0.39 is 0 Å². The van der Waals surface area contributed by atoms with E-state index in [4.69, 9.17) is 4.98 Å². The minimum absolute atomic E-state index is 0.106. The first-order valence-electron chi connectivity index (χ1n) is 9.91. The fraction of sp³-hybridized carbons (Fsp3) is 0.429. The van der Waals surface area contributed by atoms with Gasteiger partial charge in [-0.1, -0.05) is 0 Å². The van der Waals surface area contributed by atoms with Crippen LogP contribution in [0.4, 0.5) is 10.3 Å². The van der Waals surface area contributed by atoms with Crippen molar-refractivity contribution < 1.29 is 4.39 Å². The van der Waals surface area contributed by atoms with Gasteiger partial charge in [0.25, 0.3) is 5.56 Å². The Kier molecular flexibility index (Phi) is 3.84. The van der Waals surface area contributed by atoms with Crippen molar-refractivity contribution in [1.82, 2.24) is 19.9 Å². The number of hydrogen-bond acceptors (Lipinski definition) is 4. The van der Waals surface area contributed by atoms with Crippen molar-refractivity contribution in [1.29, 1.82) is 0 Å². The Balaban J connectivity index is 1.77. The van der Waals surface area contributed by atoms with Crippen molar-refractivity contribution in [3.05, 3.63) is 45.6 Å². The number of halogens is 1. The van der Waals surface area contributed by atoms with Crippen LogP contribution in [0.25, 0.3) is 22.2 Å². The van der Waals surface area contributed by atoms with Crippen LogP contribution in [0.3, 0.4) is 0 Å². The van der Waals surface area contributed by atoms with Gasteiger partial charge in [0, 0.05) is 30.4 Å². The molecule has 28 heavy (non-hydrogen) atoms. The maximum atomic E-state index is 15.0. The van der Waals surface area contributed by atoms with Gasteiger partial charge in [-0.3, -0.25) is 9.36 Å². The third-order valence-corrected chi connectivity index (χ3v) is 5.59. The largest absolute Gasteiger partial charge is 0.357 e. The summed E-state index contributed by atoms with van der Waals surface area (Å²) in [6.07, 6.45) is 1.95. The summed E-state index contributed by atoms with van der Waals surface area (Å²) in [5.74, 6) is 0.149. The molecule has 2 aliphatic rings. The average molecular weight is 381 g/mol. The molecule has 7 heteroatoms. The van der Waals surface area contributed by atoms with Gasteiger partial charge in [0.1, 0.15) is 5.82 Å². The quantitative estimate of drug-likeness (QED) is 0.642. The van der Waals surface area contributed by atoms with Crippen LogP contribution in [0.15, 0.2) is 23.0 Å². The normalized spacial score (nSPS) is 18.8. The lowest BCUT2D eigenvalue weighted by Gasteiger charge is -2.17. The van der Waals surface area contributed by atoms with Gasteiger partial charge >= 0.3 is 0 Å². The van der Waals surface area contributed by atoms with Crippen molar-refractivity contribution in [3.63, 3.8) is 0 Å². The molecule has 1 saturated carbocycles. The molecule has 1 atom stereocenters. The molecule has 0 bridgehead atoms. The molecule has 6 nitrogen and oxygen atoms in total. The third kappa shape index (κ3) is 2.64. The van der Waals surface area contributed by atoms with E-state index in [9.17, 15) is 9.18 Å². The summed E-state index contributed by atoms with van der Waals surface area (Å²) in [6, 6.07) is 5.39. The van der Waals surface area contributed by atoms with Crippen LogP contribution >= 0.6 is 0 Å². The molecule has 0 radical (unpaired) electrons. The second-order valence-corrected chi connectivity index (χ2v) is 8.18. The molecule has 1 aliphatic carbocycles. The fourth-order valence-electron chi connectivity index (χ4n) is 4.07. The zero-order chi connectivity index (χ0) is 19.6. The summed E-state index contributed by atoms with van der Waals surface area (Å²) in [7, 11) is 0. The second-order valence-electron chi connectivity index (χ2n) is 8.18. The molecule has 3 N–H and O–H groups in total. The second kappa shape index (κ2) is 6.17. The number of aromatic nitrogens is 3. The Morgan fingerprint density at radius 2 is 2.11 bits per heavy atom. The van der Waals surface area contributed by atoms with E-state index in [1.807, 2.05) is 19.9 Å². The highest BCUT2D eigenvalue weighted by atomic mass is 19.1. The van der Waals surface area contributed by atoms with Gasteiger partial charge in [0.2, 0.25) is 5.95 Å². The van der Waals surface area contributed by atoms with Gasteiger partial charge < -0.3 is 15.6 Å². The van der Waals surface area contributed by atoms with E-state index in [0.29, 0.717) is 28.1 Å². The number of benzene rings is 1. The van der Waals surface area contributed by atoms with E-state index in [2.05, 4.69) is 22.5 Å². The summed E-state index contributed by atoms with van der Waals surface area (Å²) >= 11 is 0. The van der Waals surface area contributed by atoms with Crippen LogP contribution in [0.2, 0.25) is 0 Å². The number of H-pyrrole nitrogens is 1. The Labute approximate surface area is 162 Å². The molecule has 2 aromatic heterocycles. The summed E-state index contributed by atoms with van der Waals surface area (Å²) < 4.78 is 16.7. The average Bonchev–Trinajstić information content (AvgIpc) is 3.28. The lowest BCUT2D eigenvalue weighted by atomic mass is 10.1. The predicted molar refractivity (Wildman–Crippen MR) is 108 cm³/mol. The molecular weight excluding hydrogens is 357 g/mol. The monoisotopic (exact) mass is 381 g/mol. The van der Waals surface area contributed by atoms with Gasteiger partial charge in [0.15, 0.2) is 0 Å². The summed E-state index contributed by atoms with van der Waals surface area (Å²) in [5.41, 5.74) is 3.54. The Bertz CT molecular complexity index is 1140. The molecule has 1 fully saturated rings. The zero-order valence-corrected chi connectivity index (χ0v) is 16.3. The molecule has 3 heterocycles. The molecule has 5 rings (SSSR count). The first kappa shape index (κ1) is 17.4. The Morgan fingerprint density at radius 3 is 2.79 bits per heavy atom. The van der Waals surface area contributed by atoms with Crippen LogP contribution < -0.4 is 16.2 Å². The Hall–Kier alpha value is -2.67. The molecule has 1 unspecified atom stereocenters. The first-order valence-corrected chi connectivity index (χ1v) is 9.91. The van der Waals surface area contributed by atoms with Gasteiger partial charge in [-0.2, -0.15) is 0 Å². The Morgan fingerprint density at radius 1 is 1.32 bits per heavy atom. The highest BCUT2D eigenvalue weighted by molar-refractivity contribution is 5.93. The molecule has 3 aromatic rings. The minimum Gasteiger partial charge on any atom is -0.357 e. The standard InChI is InChI=1S/C21H24FN5O/c1-10(2)24-21-26-19-14(20(28)27(21)13-4-5-13)6-7-15(22)17(19)16-8-12-9-23-11(3)18(12)25-16/h6-8,10-11,13,23,25H,4-5,9H2,1-3H3,(H,24,26). The number of aromatic amines is 1. The van der Waals surface area contributed by atoms with Gasteiger partial charge in [-0.25, -0.2) is 9.37 Å². The van der Waals surface area contributed by atoms with E-state index in [1.165, 1.54) is 6.07 Å². The smallest absolute Gasteiger partial charge is 0.263 e. The van der Waals surface area contributed by atoms with Crippen LogP contribution in [-0.2, 0) is 6.54 Å². The van der Waals surface area contributed by atoms with E-state index in [1.54, 1.807) is 10.6 Å². The molecule has 0 amide bonds. The molecule has 1 aliphatic heterocycles. The highest BCUT2D eigenvalue weighted by Gasteiger charge is 2.30. The molecule has 1 aromatic carbocycles. The van der Waals surface area contributed by atoms with Crippen molar-refractivity contribution in [2.24, 2.45) is 0 Å². The number of rotatable bonds is 4. The lowest BCUT2D eigenvalue weighted by molar-refractivity contribution is 0.619. The van der Waals surface area contributed by atoms with Crippen molar-refractivity contribution in [3.8, 4) is 11.3 Å². The van der Waals surface area contributed by atoms with E-state index in [0.717, 1.165) is 30.6 Å². The number of nitrogens with one attached hydrogen (secondary N) is 3. The van der Waals surface area contributed by atoms with Gasteiger partial charge in [0.05, 0.1) is 22.2 Å². The molecule has 0 saturated heterocycles. The van der Waals surface area contributed by atoms with Gasteiger partial charge in [-0.05, 0) is 57.4 Å². The first-order chi connectivity index (χ1) is 13.4. The van der Waals surface area contributed by atoms with E-state index in [-0.39, 0.29) is 29.5 Å². The number of anilines is 1. The predicted octanol–water partition coefficient (Wildman–Crippen LogP) is 3.85. The van der Waals surface area contributed by atoms with Crippen LogP contribution in [0.5, 0.6) is 0 Å². The summed E-state index contributed by atoms with van der Waals surface area (Å²) in [6.45, 7) is 6.83. The topological polar surface area (TPSA) is 74.7 Å². The van der Waals surface area contributed by atoms with Crippen LogP contribution in [0, 0.1) is 5.82 Å². The summed E-state index contributed by atoms with van der Waals surface area (Å²) in [4.78, 5) is 21.3. The van der Waals surface area contributed by atoms with Crippen LogP contribution in [-0.4, -0.2) is 20.6 Å². The van der Waals surface area contributed by atoms with Crippen molar-refractivity contribution >= 4 is 16.9 Å². The lowest BCUT2D eigenvalue weighted by Crippen LogP contribution is -2.27. The third-order valence-electron chi connectivity index (χ3n) is 5.59. The fourth-order valence-corrected chi connectivity index (χ4v) is 4.07. The number of fused-ring (bicyclic) bond motifs is 2. The van der Waals surface area contributed by atoms with E-state index >= 15 is 0 Å². The number of nitrogens with zero attached hydrogens (tertiary/aromatic N) is 2. The number of hydrogen-bond donors (Lipinski definition) is 3. The van der Waals surface area contributed by atoms with Gasteiger partial charge in [-0.15, -0.1) is 0 Å². The molecule has 146 valence electrons. The van der Waals surface area contributed by atoms with Crippen molar-refractivity contribution in [2.75, 3.05) is 5.32 Å². The molecular formula is C21H24FN5O. The highest BCUT2D eigenvalue weighted by Crippen LogP contribution is 2.38. The molecule has 0 spiro atoms. The maximum Gasteiger partial charge on any atom is 0.263 e.